The molecule has 9 heteroatoms. The maximum absolute atomic E-state index is 12.2. The van der Waals surface area contributed by atoms with Crippen molar-refractivity contribution in [1.82, 2.24) is 5.43 Å². The molecule has 0 radical (unpaired) electrons. The highest BCUT2D eigenvalue weighted by Gasteiger charge is 2.27. The van der Waals surface area contributed by atoms with Gasteiger partial charge in [0.15, 0.2) is 23.0 Å². The summed E-state index contributed by atoms with van der Waals surface area (Å²) in [5.41, 5.74) is 2.45. The second kappa shape index (κ2) is 8.37. The van der Waals surface area contributed by atoms with E-state index >= 15 is 0 Å². The van der Waals surface area contributed by atoms with Crippen LogP contribution in [-0.4, -0.2) is 36.5 Å². The zero-order valence-electron chi connectivity index (χ0n) is 14.2. The third kappa shape index (κ3) is 4.20. The van der Waals surface area contributed by atoms with E-state index in [1.165, 1.54) is 12.3 Å². The van der Waals surface area contributed by atoms with E-state index < -0.39 is 12.0 Å². The predicted molar refractivity (Wildman–Crippen MR) is 101 cm³/mol. The second-order valence-corrected chi connectivity index (χ2v) is 6.25. The monoisotopic (exact) mass is 410 g/mol. The van der Waals surface area contributed by atoms with E-state index in [0.717, 1.165) is 0 Å². The Labute approximate surface area is 165 Å². The Morgan fingerprint density at radius 3 is 2.89 bits per heavy atom. The van der Waals surface area contributed by atoms with Gasteiger partial charge in [-0.2, -0.15) is 5.10 Å². The maximum Gasteiger partial charge on any atom is 0.284 e. The van der Waals surface area contributed by atoms with Crippen LogP contribution in [0.3, 0.4) is 0 Å². The molecule has 2 aromatic rings. The van der Waals surface area contributed by atoms with Gasteiger partial charge in [0, 0.05) is 6.07 Å². The van der Waals surface area contributed by atoms with Crippen molar-refractivity contribution >= 4 is 35.3 Å². The fourth-order valence-electron chi connectivity index (χ4n) is 2.38. The van der Waals surface area contributed by atoms with Gasteiger partial charge in [-0.15, -0.1) is 0 Å². The van der Waals surface area contributed by atoms with Crippen LogP contribution in [0.15, 0.2) is 35.4 Å². The molecular weight excluding hydrogens is 395 g/mol. The Kier molecular flexibility index (Phi) is 5.93. The van der Waals surface area contributed by atoms with Crippen LogP contribution < -0.4 is 19.6 Å². The Morgan fingerprint density at radius 1 is 1.41 bits per heavy atom. The molecule has 2 aromatic carbocycles. The molecule has 0 fully saturated rings. The van der Waals surface area contributed by atoms with Gasteiger partial charge in [0.05, 0.1) is 28.4 Å². The van der Waals surface area contributed by atoms with Gasteiger partial charge in [-0.05, 0) is 19.1 Å². The molecular formula is C18H16Cl2N2O5. The Balaban J connectivity index is 1.70. The van der Waals surface area contributed by atoms with Crippen LogP contribution in [0.5, 0.6) is 23.0 Å². The van der Waals surface area contributed by atoms with Crippen molar-refractivity contribution in [3.05, 3.63) is 45.9 Å². The molecule has 1 amide bonds. The van der Waals surface area contributed by atoms with Crippen LogP contribution in [0, 0.1) is 0 Å². The van der Waals surface area contributed by atoms with Gasteiger partial charge >= 0.3 is 0 Å². The molecule has 1 atom stereocenters. The fourth-order valence-corrected chi connectivity index (χ4v) is 2.77. The molecule has 0 saturated heterocycles. The summed E-state index contributed by atoms with van der Waals surface area (Å²) in [6.07, 6.45) is 0.321. The topological polar surface area (TPSA) is 89.4 Å². The van der Waals surface area contributed by atoms with Gasteiger partial charge in [-0.3, -0.25) is 4.79 Å². The lowest BCUT2D eigenvalue weighted by molar-refractivity contribution is -0.130. The fraction of sp³-hybridized carbons (Fsp3) is 0.222. The number of fused-ring (bicyclic) bond motifs is 1. The van der Waals surface area contributed by atoms with E-state index in [0.29, 0.717) is 18.1 Å². The normalized spacial score (nSPS) is 15.6. The molecule has 7 nitrogen and oxygen atoms in total. The number of hydrazone groups is 1. The number of carbonyl (C=O) groups is 1. The molecule has 0 bridgehead atoms. The minimum atomic E-state index is -0.862. The summed E-state index contributed by atoms with van der Waals surface area (Å²) in [6.45, 7) is 2.15. The molecule has 0 spiro atoms. The van der Waals surface area contributed by atoms with Crippen LogP contribution in [0.4, 0.5) is 0 Å². The van der Waals surface area contributed by atoms with E-state index in [1.807, 2.05) is 6.07 Å². The van der Waals surface area contributed by atoms with Crippen molar-refractivity contribution in [3.8, 4) is 23.0 Å². The number of hydrogen-bond acceptors (Lipinski definition) is 6. The number of hydrogen-bond donors (Lipinski definition) is 2. The first kappa shape index (κ1) is 19.1. The highest BCUT2D eigenvalue weighted by atomic mass is 35.5. The van der Waals surface area contributed by atoms with Gasteiger partial charge in [0.1, 0.15) is 6.61 Å². The lowest BCUT2D eigenvalue weighted by atomic mass is 10.2. The van der Waals surface area contributed by atoms with Crippen LogP contribution in [0.2, 0.25) is 10.0 Å². The largest absolute Gasteiger partial charge is 0.504 e. The van der Waals surface area contributed by atoms with Crippen LogP contribution in [0.1, 0.15) is 12.5 Å². The Morgan fingerprint density at radius 2 is 2.15 bits per heavy atom. The first-order valence-corrected chi connectivity index (χ1v) is 8.82. The zero-order valence-corrected chi connectivity index (χ0v) is 15.8. The number of phenolic OH excluding ortho intramolecular Hbond substituents is 1. The number of rotatable bonds is 5. The number of carbonyl (C=O) groups excluding carboxylic acids is 1. The highest BCUT2D eigenvalue weighted by molar-refractivity contribution is 6.43. The third-order valence-electron chi connectivity index (χ3n) is 3.66. The predicted octanol–water partition coefficient (Wildman–Crippen LogP) is 3.39. The molecule has 0 aromatic heterocycles. The standard InChI is InChI=1S/C18H16Cl2N2O5/c1-2-25-14-7-11(19)16(20)10(17(14)23)8-21-22-18(24)15-9-26-12-5-3-4-6-13(12)27-15/h3-8,15,23H,2,9H2,1H3,(H,22,24)/b21-8+/t15-/m1/s1. The van der Waals surface area contributed by atoms with Crippen molar-refractivity contribution in [2.24, 2.45) is 5.10 Å². The number of ether oxygens (including phenoxy) is 3. The summed E-state index contributed by atoms with van der Waals surface area (Å²) in [4.78, 5) is 12.2. The molecule has 1 aliphatic rings. The number of benzene rings is 2. The molecule has 3 rings (SSSR count). The summed E-state index contributed by atoms with van der Waals surface area (Å²) in [5, 5.41) is 14.3. The van der Waals surface area contributed by atoms with Gasteiger partial charge < -0.3 is 19.3 Å². The Bertz CT molecular complexity index is 888. The molecule has 0 aliphatic carbocycles. The molecule has 1 heterocycles. The number of halogens is 2. The van der Waals surface area contributed by atoms with Crippen molar-refractivity contribution in [2.75, 3.05) is 13.2 Å². The Hall–Kier alpha value is -2.64. The van der Waals surface area contributed by atoms with Crippen molar-refractivity contribution in [3.63, 3.8) is 0 Å². The molecule has 27 heavy (non-hydrogen) atoms. The number of nitrogens with zero attached hydrogens (tertiary/aromatic N) is 1. The summed E-state index contributed by atoms with van der Waals surface area (Å²) in [7, 11) is 0. The van der Waals surface area contributed by atoms with E-state index in [1.54, 1.807) is 25.1 Å². The number of aromatic hydroxyl groups is 1. The van der Waals surface area contributed by atoms with Crippen molar-refractivity contribution < 1.29 is 24.1 Å². The summed E-state index contributed by atoms with van der Waals surface area (Å²) in [5.74, 6) is 0.480. The van der Waals surface area contributed by atoms with Gasteiger partial charge in [-0.1, -0.05) is 35.3 Å². The van der Waals surface area contributed by atoms with Crippen LogP contribution in [0.25, 0.3) is 0 Å². The summed E-state index contributed by atoms with van der Waals surface area (Å²) >= 11 is 12.1. The van der Waals surface area contributed by atoms with Crippen LogP contribution in [-0.2, 0) is 4.79 Å². The summed E-state index contributed by atoms with van der Waals surface area (Å²) in [6, 6.07) is 8.45. The zero-order chi connectivity index (χ0) is 19.4. The minimum Gasteiger partial charge on any atom is -0.504 e. The summed E-state index contributed by atoms with van der Waals surface area (Å²) < 4.78 is 16.4. The van der Waals surface area contributed by atoms with E-state index in [9.17, 15) is 9.90 Å². The van der Waals surface area contributed by atoms with Crippen molar-refractivity contribution in [2.45, 2.75) is 13.0 Å². The molecule has 1 aliphatic heterocycles. The van der Waals surface area contributed by atoms with E-state index in [2.05, 4.69) is 10.5 Å². The lowest BCUT2D eigenvalue weighted by Crippen LogP contribution is -2.42. The maximum atomic E-state index is 12.2. The van der Waals surface area contributed by atoms with E-state index in [4.69, 9.17) is 37.4 Å². The number of amides is 1. The minimum absolute atomic E-state index is 0.0516. The van der Waals surface area contributed by atoms with Gasteiger partial charge in [-0.25, -0.2) is 5.43 Å². The van der Waals surface area contributed by atoms with Gasteiger partial charge in [0.2, 0.25) is 6.10 Å². The lowest BCUT2D eigenvalue weighted by Gasteiger charge is -2.24. The second-order valence-electron chi connectivity index (χ2n) is 5.46. The third-order valence-corrected chi connectivity index (χ3v) is 4.46. The molecule has 2 N–H and O–H groups in total. The quantitative estimate of drug-likeness (QED) is 0.582. The number of phenols is 1. The average molecular weight is 411 g/mol. The first-order valence-electron chi connectivity index (χ1n) is 8.06. The molecule has 0 saturated carbocycles. The smallest absolute Gasteiger partial charge is 0.284 e. The highest BCUT2D eigenvalue weighted by Crippen LogP contribution is 2.39. The van der Waals surface area contributed by atoms with Crippen molar-refractivity contribution in [1.29, 1.82) is 0 Å². The number of para-hydroxylation sites is 2. The SMILES string of the molecule is CCOc1cc(Cl)c(Cl)c(/C=N/NC(=O)[C@H]2COc3ccccc3O2)c1O. The van der Waals surface area contributed by atoms with Crippen LogP contribution >= 0.6 is 23.2 Å². The molecule has 142 valence electrons. The van der Waals surface area contributed by atoms with Gasteiger partial charge in [0.25, 0.3) is 5.91 Å². The average Bonchev–Trinajstić information content (AvgIpc) is 2.68. The number of nitrogens with one attached hydrogen (secondary N) is 1. The van der Waals surface area contributed by atoms with E-state index in [-0.39, 0.29) is 33.7 Å². The molecule has 0 unspecified atom stereocenters. The first-order chi connectivity index (χ1) is 13.0.